The minimum Gasteiger partial charge on any atom is -0.494 e. The van der Waals surface area contributed by atoms with E-state index < -0.39 is 20.7 Å². The molecule has 3 heterocycles. The summed E-state index contributed by atoms with van der Waals surface area (Å²) in [5.74, 6) is 0.210. The van der Waals surface area contributed by atoms with Gasteiger partial charge >= 0.3 is 6.47 Å². The summed E-state index contributed by atoms with van der Waals surface area (Å²) in [6, 6.07) is 19.5. The molecular weight excluding hydrogens is 611 g/mol. The standard InChI is InChI=1S/C33H33FN6O5S/c1-38-14-11-23(12-15-38)20-39-16-13-25-17-24(3-9-31(25)39)30-19-33(36-21-35-30)37-26-4-6-27(7-5-26)40(45-22-41)46(42,43)28-8-10-32(44-2)29(34)18-28/h3-10,13,16-19,21-23H,11-12,14-15,20H2,1-2H3,(H,35,36,37). The molecule has 238 valence electrons. The summed E-state index contributed by atoms with van der Waals surface area (Å²) in [7, 11) is -1.01. The van der Waals surface area contributed by atoms with Gasteiger partial charge in [0.2, 0.25) is 0 Å². The highest BCUT2D eigenvalue weighted by Crippen LogP contribution is 2.30. The fourth-order valence-corrected chi connectivity index (χ4v) is 6.87. The van der Waals surface area contributed by atoms with Crippen molar-refractivity contribution < 1.29 is 27.2 Å². The number of likely N-dealkylation sites (tertiary alicyclic amines) is 1. The Bertz CT molecular complexity index is 1960. The third-order valence-electron chi connectivity index (χ3n) is 8.16. The van der Waals surface area contributed by atoms with Crippen molar-refractivity contribution in [1.82, 2.24) is 19.4 Å². The number of halogens is 1. The average molecular weight is 645 g/mol. The molecule has 13 heteroatoms. The largest absolute Gasteiger partial charge is 0.494 e. The van der Waals surface area contributed by atoms with Crippen molar-refractivity contribution in [2.45, 2.75) is 24.3 Å². The van der Waals surface area contributed by atoms with Gasteiger partial charge in [0.25, 0.3) is 10.0 Å². The molecule has 0 radical (unpaired) electrons. The third kappa shape index (κ3) is 6.51. The second-order valence-corrected chi connectivity index (χ2v) is 12.9. The summed E-state index contributed by atoms with van der Waals surface area (Å²) >= 11 is 0. The quantitative estimate of drug-likeness (QED) is 0.144. The van der Waals surface area contributed by atoms with Gasteiger partial charge in [-0.1, -0.05) is 10.5 Å². The lowest BCUT2D eigenvalue weighted by atomic mass is 9.97. The second-order valence-electron chi connectivity index (χ2n) is 11.2. The maximum absolute atomic E-state index is 14.2. The lowest BCUT2D eigenvalue weighted by molar-refractivity contribution is -0.128. The minimum atomic E-state index is -4.46. The van der Waals surface area contributed by atoms with Gasteiger partial charge in [0.15, 0.2) is 11.6 Å². The van der Waals surface area contributed by atoms with Crippen molar-refractivity contribution in [3.8, 4) is 17.0 Å². The van der Waals surface area contributed by atoms with Crippen LogP contribution in [0, 0.1) is 11.7 Å². The zero-order valence-corrected chi connectivity index (χ0v) is 26.2. The SMILES string of the molecule is COc1ccc(S(=O)(=O)N(OC=O)c2ccc(Nc3cc(-c4ccc5c(ccn5CC5CCN(C)CC5)c4)ncn3)cc2)cc1F. The van der Waals surface area contributed by atoms with Crippen LogP contribution in [-0.2, 0) is 26.2 Å². The zero-order chi connectivity index (χ0) is 32.3. The van der Waals surface area contributed by atoms with Crippen LogP contribution in [0.5, 0.6) is 5.75 Å². The Kier molecular flexibility index (Phi) is 8.86. The summed E-state index contributed by atoms with van der Waals surface area (Å²) in [5.41, 5.74) is 3.50. The number of ether oxygens (including phenoxy) is 1. The molecule has 2 aromatic heterocycles. The number of anilines is 3. The summed E-state index contributed by atoms with van der Waals surface area (Å²) in [6.07, 6.45) is 6.05. The highest BCUT2D eigenvalue weighted by atomic mass is 32.2. The van der Waals surface area contributed by atoms with Crippen molar-refractivity contribution in [1.29, 1.82) is 0 Å². The van der Waals surface area contributed by atoms with Crippen molar-refractivity contribution >= 4 is 44.6 Å². The second kappa shape index (κ2) is 13.2. The van der Waals surface area contributed by atoms with Crippen LogP contribution >= 0.6 is 0 Å². The number of hydrogen-bond donors (Lipinski definition) is 1. The number of fused-ring (bicyclic) bond motifs is 1. The van der Waals surface area contributed by atoms with E-state index in [1.54, 1.807) is 12.1 Å². The van der Waals surface area contributed by atoms with Crippen molar-refractivity contribution in [3.63, 3.8) is 0 Å². The zero-order valence-electron chi connectivity index (χ0n) is 25.3. The van der Waals surface area contributed by atoms with E-state index in [1.165, 1.54) is 50.0 Å². The van der Waals surface area contributed by atoms with Crippen LogP contribution in [-0.4, -0.2) is 61.6 Å². The van der Waals surface area contributed by atoms with Crippen LogP contribution in [0.25, 0.3) is 22.2 Å². The smallest absolute Gasteiger partial charge is 0.322 e. The van der Waals surface area contributed by atoms with Crippen LogP contribution in [0.3, 0.4) is 0 Å². The Morgan fingerprint density at radius 2 is 1.80 bits per heavy atom. The highest BCUT2D eigenvalue weighted by Gasteiger charge is 2.28. The molecule has 1 fully saturated rings. The number of aromatic nitrogens is 3. The molecule has 0 unspecified atom stereocenters. The van der Waals surface area contributed by atoms with Gasteiger partial charge in [-0.25, -0.2) is 14.4 Å². The van der Waals surface area contributed by atoms with Crippen molar-refractivity contribution in [2.24, 2.45) is 5.92 Å². The molecule has 1 aliphatic rings. The molecule has 0 spiro atoms. The number of rotatable bonds is 11. The highest BCUT2D eigenvalue weighted by molar-refractivity contribution is 7.92. The van der Waals surface area contributed by atoms with E-state index in [4.69, 9.17) is 9.57 Å². The molecule has 6 rings (SSSR count). The maximum atomic E-state index is 14.2. The lowest BCUT2D eigenvalue weighted by Gasteiger charge is -2.29. The molecule has 46 heavy (non-hydrogen) atoms. The van der Waals surface area contributed by atoms with Crippen LogP contribution in [0.2, 0.25) is 0 Å². The summed E-state index contributed by atoms with van der Waals surface area (Å²) in [4.78, 5) is 26.8. The van der Waals surface area contributed by atoms with Gasteiger partial charge in [-0.3, -0.25) is 4.79 Å². The maximum Gasteiger partial charge on any atom is 0.322 e. The summed E-state index contributed by atoms with van der Waals surface area (Å²) in [6.45, 7) is 3.28. The summed E-state index contributed by atoms with van der Waals surface area (Å²) in [5, 5.41) is 4.33. The molecule has 1 aliphatic heterocycles. The van der Waals surface area contributed by atoms with E-state index in [2.05, 4.69) is 62.3 Å². The first-order valence-electron chi connectivity index (χ1n) is 14.7. The number of sulfonamides is 1. The Hall–Kier alpha value is -5.01. The van der Waals surface area contributed by atoms with Gasteiger partial charge in [0.05, 0.1) is 23.4 Å². The van der Waals surface area contributed by atoms with Crippen LogP contribution < -0.4 is 14.5 Å². The predicted octanol–water partition coefficient (Wildman–Crippen LogP) is 5.61. The van der Waals surface area contributed by atoms with Crippen molar-refractivity contribution in [3.05, 3.63) is 91.1 Å². The van der Waals surface area contributed by atoms with Crippen LogP contribution in [0.1, 0.15) is 12.8 Å². The molecule has 3 aromatic carbocycles. The molecular formula is C33H33FN6O5S. The number of carbonyl (C=O) groups is 1. The fraction of sp³-hybridized carbons (Fsp3) is 0.242. The first-order chi connectivity index (χ1) is 22.2. The molecule has 5 aromatic rings. The number of carbonyl (C=O) groups excluding carboxylic acids is 1. The molecule has 11 nitrogen and oxygen atoms in total. The van der Waals surface area contributed by atoms with Crippen LogP contribution in [0.15, 0.2) is 90.2 Å². The lowest BCUT2D eigenvalue weighted by Crippen LogP contribution is -2.31. The number of methoxy groups -OCH3 is 1. The fourth-order valence-electron chi connectivity index (χ4n) is 5.64. The van der Waals surface area contributed by atoms with E-state index in [0.29, 0.717) is 21.9 Å². The molecule has 0 atom stereocenters. The van der Waals surface area contributed by atoms with Gasteiger partial charge in [0.1, 0.15) is 12.1 Å². The predicted molar refractivity (Wildman–Crippen MR) is 173 cm³/mol. The molecule has 0 bridgehead atoms. The molecule has 1 saturated heterocycles. The van der Waals surface area contributed by atoms with Gasteiger partial charge in [-0.15, -0.1) is 0 Å². The molecule has 0 amide bonds. The molecule has 1 N–H and O–H groups in total. The van der Waals surface area contributed by atoms with Crippen molar-refractivity contribution in [2.75, 3.05) is 37.0 Å². The average Bonchev–Trinajstić information content (AvgIpc) is 3.47. The van der Waals surface area contributed by atoms with E-state index in [-0.39, 0.29) is 17.9 Å². The topological polar surface area (TPSA) is 119 Å². The first kappa shape index (κ1) is 31.0. The van der Waals surface area contributed by atoms with E-state index in [0.717, 1.165) is 48.4 Å². The first-order valence-corrected chi connectivity index (χ1v) is 16.2. The monoisotopic (exact) mass is 644 g/mol. The number of nitrogens with one attached hydrogen (secondary N) is 1. The number of nitrogens with zero attached hydrogens (tertiary/aromatic N) is 5. The van der Waals surface area contributed by atoms with Gasteiger partial charge in [0, 0.05) is 41.0 Å². The molecule has 0 saturated carbocycles. The normalized spacial score (nSPS) is 14.2. The van der Waals surface area contributed by atoms with E-state index >= 15 is 0 Å². The van der Waals surface area contributed by atoms with E-state index in [9.17, 15) is 17.6 Å². The summed E-state index contributed by atoms with van der Waals surface area (Å²) < 4.78 is 48.3. The number of piperidine rings is 1. The van der Waals surface area contributed by atoms with Gasteiger partial charge < -0.3 is 24.4 Å². The molecule has 0 aliphatic carbocycles. The Morgan fingerprint density at radius 3 is 2.52 bits per heavy atom. The Balaban J connectivity index is 1.17. The van der Waals surface area contributed by atoms with Crippen LogP contribution in [0.4, 0.5) is 21.6 Å². The van der Waals surface area contributed by atoms with E-state index in [1.807, 2.05) is 6.07 Å². The third-order valence-corrected chi connectivity index (χ3v) is 9.74. The number of benzene rings is 3. The Morgan fingerprint density at radius 1 is 1.02 bits per heavy atom. The minimum absolute atomic E-state index is 0.0199. The Labute approximate surface area is 266 Å². The van der Waals surface area contributed by atoms with Gasteiger partial charge in [-0.05, 0) is 99.6 Å². The number of hydrogen-bond acceptors (Lipinski definition) is 9. The van der Waals surface area contributed by atoms with Gasteiger partial charge in [-0.2, -0.15) is 8.42 Å².